The number of carbonyl (C=O) groups excluding carboxylic acids is 1. The van der Waals surface area contributed by atoms with Crippen molar-refractivity contribution < 1.29 is 19.5 Å². The van der Waals surface area contributed by atoms with Crippen LogP contribution in [0.25, 0.3) is 0 Å². The molecule has 0 unspecified atom stereocenters. The van der Waals surface area contributed by atoms with Crippen molar-refractivity contribution in [1.82, 2.24) is 0 Å². The van der Waals surface area contributed by atoms with Crippen LogP contribution in [0.3, 0.4) is 0 Å². The molecule has 1 aromatic rings. The van der Waals surface area contributed by atoms with E-state index in [1.165, 1.54) is 0 Å². The summed E-state index contributed by atoms with van der Waals surface area (Å²) in [6.07, 6.45) is -0.683. The Hall–Kier alpha value is -1.40. The summed E-state index contributed by atoms with van der Waals surface area (Å²) >= 11 is 3.35. The van der Waals surface area contributed by atoms with E-state index in [9.17, 15) is 9.90 Å². The molecule has 0 bridgehead atoms. The van der Waals surface area contributed by atoms with E-state index in [2.05, 4.69) is 21.1 Å². The first kappa shape index (κ1) is 14.0. The number of carbonyl (C=O) groups is 1. The zero-order chi connectivity index (χ0) is 13.8. The van der Waals surface area contributed by atoms with Crippen molar-refractivity contribution in [3.63, 3.8) is 0 Å². The fourth-order valence-corrected chi connectivity index (χ4v) is 2.17. The third-order valence-electron chi connectivity index (χ3n) is 2.81. The fourth-order valence-electron chi connectivity index (χ4n) is 1.91. The number of esters is 1. The third-order valence-corrected chi connectivity index (χ3v) is 3.34. The predicted octanol–water partition coefficient (Wildman–Crippen LogP) is 1.72. The quantitative estimate of drug-likeness (QED) is 0.855. The zero-order valence-corrected chi connectivity index (χ0v) is 12.0. The van der Waals surface area contributed by atoms with E-state index in [-0.39, 0.29) is 13.2 Å². The van der Waals surface area contributed by atoms with E-state index >= 15 is 0 Å². The van der Waals surface area contributed by atoms with Gasteiger partial charge in [0.25, 0.3) is 0 Å². The van der Waals surface area contributed by atoms with Gasteiger partial charge in [-0.2, -0.15) is 0 Å². The van der Waals surface area contributed by atoms with Crippen molar-refractivity contribution in [3.8, 4) is 0 Å². The van der Waals surface area contributed by atoms with Gasteiger partial charge in [-0.25, -0.2) is 0 Å². The normalized spacial score (nSPS) is 21.7. The summed E-state index contributed by atoms with van der Waals surface area (Å²) in [5.41, 5.74) is 1.27. The molecular weight excluding hydrogens is 314 g/mol. The molecular formula is C13H14BrNO4. The standard InChI is InChI=1S/C13H14BrNO4/c1-2-18-13(17)11-10(7-16)19-15-12(11)8-3-5-9(14)6-4-8/h3-6,10-11,16H,2,7H2,1H3/t10-,11-/m0/s1. The van der Waals surface area contributed by atoms with E-state index in [1.807, 2.05) is 24.3 Å². The van der Waals surface area contributed by atoms with Crippen molar-refractivity contribution in [2.24, 2.45) is 11.1 Å². The lowest BCUT2D eigenvalue weighted by Gasteiger charge is -2.15. The molecule has 0 aromatic heterocycles. The molecule has 0 aliphatic carbocycles. The summed E-state index contributed by atoms with van der Waals surface area (Å²) < 4.78 is 5.95. The molecule has 0 spiro atoms. The lowest BCUT2D eigenvalue weighted by atomic mass is 9.93. The van der Waals surface area contributed by atoms with E-state index in [4.69, 9.17) is 9.57 Å². The molecule has 1 heterocycles. The van der Waals surface area contributed by atoms with Gasteiger partial charge in [-0.05, 0) is 19.1 Å². The Morgan fingerprint density at radius 3 is 2.74 bits per heavy atom. The molecule has 0 fully saturated rings. The van der Waals surface area contributed by atoms with E-state index in [0.29, 0.717) is 5.71 Å². The molecule has 6 heteroatoms. The van der Waals surface area contributed by atoms with Crippen molar-refractivity contribution in [2.75, 3.05) is 13.2 Å². The Labute approximate surface area is 119 Å². The van der Waals surface area contributed by atoms with Gasteiger partial charge < -0.3 is 14.7 Å². The second kappa shape index (κ2) is 6.16. The van der Waals surface area contributed by atoms with Crippen LogP contribution in [-0.2, 0) is 14.4 Å². The van der Waals surface area contributed by atoms with Gasteiger partial charge in [0, 0.05) is 10.0 Å². The summed E-state index contributed by atoms with van der Waals surface area (Å²) in [4.78, 5) is 17.1. The highest BCUT2D eigenvalue weighted by Gasteiger charge is 2.41. The maximum Gasteiger partial charge on any atom is 0.319 e. The van der Waals surface area contributed by atoms with Crippen molar-refractivity contribution in [3.05, 3.63) is 34.3 Å². The second-order valence-electron chi connectivity index (χ2n) is 4.04. The lowest BCUT2D eigenvalue weighted by Crippen LogP contribution is -2.35. The number of rotatable bonds is 4. The highest BCUT2D eigenvalue weighted by atomic mass is 79.9. The third kappa shape index (κ3) is 2.96. The van der Waals surface area contributed by atoms with Crippen molar-refractivity contribution in [2.45, 2.75) is 13.0 Å². The van der Waals surface area contributed by atoms with Crippen LogP contribution in [0.2, 0.25) is 0 Å². The average molecular weight is 328 g/mol. The topological polar surface area (TPSA) is 68.1 Å². The lowest BCUT2D eigenvalue weighted by molar-refractivity contribution is -0.149. The smallest absolute Gasteiger partial charge is 0.319 e. The number of ether oxygens (including phenoxy) is 1. The Kier molecular flexibility index (Phi) is 4.55. The molecule has 5 nitrogen and oxygen atoms in total. The molecule has 1 N–H and O–H groups in total. The number of nitrogens with zero attached hydrogens (tertiary/aromatic N) is 1. The SMILES string of the molecule is CCOC(=O)[C@@H]1C(c2ccc(Br)cc2)=NO[C@H]1CO. The Morgan fingerprint density at radius 2 is 2.16 bits per heavy atom. The largest absolute Gasteiger partial charge is 0.465 e. The Bertz CT molecular complexity index is 486. The van der Waals surface area contributed by atoms with Crippen molar-refractivity contribution >= 4 is 27.6 Å². The summed E-state index contributed by atoms with van der Waals surface area (Å²) in [6, 6.07) is 7.37. The van der Waals surface area contributed by atoms with E-state index in [0.717, 1.165) is 10.0 Å². The maximum absolute atomic E-state index is 12.0. The first-order valence-electron chi connectivity index (χ1n) is 5.94. The maximum atomic E-state index is 12.0. The molecule has 1 aliphatic rings. The Balaban J connectivity index is 2.27. The van der Waals surface area contributed by atoms with Crippen molar-refractivity contribution in [1.29, 1.82) is 0 Å². The predicted molar refractivity (Wildman–Crippen MR) is 72.8 cm³/mol. The van der Waals surface area contributed by atoms with Crippen LogP contribution < -0.4 is 0 Å². The number of benzene rings is 1. The van der Waals surface area contributed by atoms with Crippen LogP contribution in [0.15, 0.2) is 33.9 Å². The highest BCUT2D eigenvalue weighted by molar-refractivity contribution is 9.10. The minimum absolute atomic E-state index is 0.279. The van der Waals surface area contributed by atoms with Crippen LogP contribution in [0, 0.1) is 5.92 Å². The van der Waals surface area contributed by atoms with Crippen LogP contribution in [0.4, 0.5) is 0 Å². The van der Waals surface area contributed by atoms with Gasteiger partial charge in [-0.15, -0.1) is 0 Å². The van der Waals surface area contributed by atoms with Gasteiger partial charge in [-0.1, -0.05) is 33.2 Å². The highest BCUT2D eigenvalue weighted by Crippen LogP contribution is 2.25. The van der Waals surface area contributed by atoms with E-state index in [1.54, 1.807) is 6.92 Å². The fraction of sp³-hybridized carbons (Fsp3) is 0.385. The number of aliphatic hydroxyl groups is 1. The average Bonchev–Trinajstić information content (AvgIpc) is 2.83. The summed E-state index contributed by atoms with van der Waals surface area (Å²) in [7, 11) is 0. The first-order valence-corrected chi connectivity index (χ1v) is 6.73. The second-order valence-corrected chi connectivity index (χ2v) is 4.96. The molecule has 2 atom stereocenters. The summed E-state index contributed by atoms with van der Waals surface area (Å²) in [5.74, 6) is -1.12. The van der Waals surface area contributed by atoms with Gasteiger partial charge in [0.05, 0.1) is 13.2 Å². The Morgan fingerprint density at radius 1 is 1.47 bits per heavy atom. The molecule has 0 amide bonds. The molecule has 0 saturated carbocycles. The van der Waals surface area contributed by atoms with Gasteiger partial charge >= 0.3 is 5.97 Å². The molecule has 19 heavy (non-hydrogen) atoms. The minimum Gasteiger partial charge on any atom is -0.465 e. The summed E-state index contributed by atoms with van der Waals surface area (Å²) in [5, 5.41) is 13.2. The molecule has 102 valence electrons. The van der Waals surface area contributed by atoms with Gasteiger partial charge in [0.2, 0.25) is 0 Å². The first-order chi connectivity index (χ1) is 9.17. The van der Waals surface area contributed by atoms with Crippen LogP contribution in [-0.4, -0.2) is 36.1 Å². The molecule has 1 aromatic carbocycles. The van der Waals surface area contributed by atoms with Crippen LogP contribution in [0.1, 0.15) is 12.5 Å². The van der Waals surface area contributed by atoms with Crippen LogP contribution in [0.5, 0.6) is 0 Å². The van der Waals surface area contributed by atoms with E-state index < -0.39 is 18.0 Å². The molecule has 0 radical (unpaired) electrons. The van der Waals surface area contributed by atoms with Gasteiger partial charge in [0.1, 0.15) is 11.6 Å². The molecule has 2 rings (SSSR count). The van der Waals surface area contributed by atoms with Gasteiger partial charge in [-0.3, -0.25) is 4.79 Å². The molecule has 0 saturated heterocycles. The number of aliphatic hydroxyl groups excluding tert-OH is 1. The van der Waals surface area contributed by atoms with Crippen LogP contribution >= 0.6 is 15.9 Å². The number of oxime groups is 1. The summed E-state index contributed by atoms with van der Waals surface area (Å²) in [6.45, 7) is 1.73. The number of hydrogen-bond acceptors (Lipinski definition) is 5. The number of halogens is 1. The minimum atomic E-state index is -0.689. The monoisotopic (exact) mass is 327 g/mol. The zero-order valence-electron chi connectivity index (χ0n) is 10.4. The number of hydrogen-bond donors (Lipinski definition) is 1. The molecule has 1 aliphatic heterocycles. The van der Waals surface area contributed by atoms with Gasteiger partial charge in [0.15, 0.2) is 6.10 Å².